The molecule has 0 aliphatic heterocycles. The summed E-state index contributed by atoms with van der Waals surface area (Å²) >= 11 is 0. The van der Waals surface area contributed by atoms with Crippen LogP contribution >= 0.6 is 0 Å². The Balaban J connectivity index is 2.00. The summed E-state index contributed by atoms with van der Waals surface area (Å²) in [5.74, 6) is 0.805. The molecule has 138 valence electrons. The van der Waals surface area contributed by atoms with Crippen molar-refractivity contribution in [3.8, 4) is 11.5 Å². The van der Waals surface area contributed by atoms with Gasteiger partial charge in [-0.15, -0.1) is 0 Å². The molecule has 6 heteroatoms. The molecule has 2 rings (SSSR count). The predicted octanol–water partition coefficient (Wildman–Crippen LogP) is 2.68. The summed E-state index contributed by atoms with van der Waals surface area (Å²) in [5.41, 5.74) is 2.67. The smallest absolute Gasteiger partial charge is 0.240 e. The summed E-state index contributed by atoms with van der Waals surface area (Å²) in [7, 11) is 3.13. The number of nitrogens with one attached hydrogen (secondary N) is 1. The summed E-state index contributed by atoms with van der Waals surface area (Å²) in [4.78, 5) is 25.6. The van der Waals surface area contributed by atoms with Crippen LogP contribution in [0, 0.1) is 6.92 Å². The van der Waals surface area contributed by atoms with Crippen molar-refractivity contribution in [1.82, 2.24) is 5.32 Å². The number of hydrogen-bond donors (Lipinski definition) is 1. The van der Waals surface area contributed by atoms with Gasteiger partial charge in [-0.1, -0.05) is 23.8 Å². The second-order valence-corrected chi connectivity index (χ2v) is 5.91. The molecule has 0 unspecified atom stereocenters. The van der Waals surface area contributed by atoms with Crippen molar-refractivity contribution >= 4 is 17.5 Å². The number of hydrogen-bond acceptors (Lipinski definition) is 4. The largest absolute Gasteiger partial charge is 0.493 e. The van der Waals surface area contributed by atoms with Gasteiger partial charge < -0.3 is 19.7 Å². The Hall–Kier alpha value is -3.02. The first-order valence-corrected chi connectivity index (χ1v) is 8.27. The fourth-order valence-electron chi connectivity index (χ4n) is 2.50. The minimum absolute atomic E-state index is 0.0360. The van der Waals surface area contributed by atoms with Gasteiger partial charge >= 0.3 is 0 Å². The lowest BCUT2D eigenvalue weighted by atomic mass is 10.2. The molecule has 0 spiro atoms. The van der Waals surface area contributed by atoms with Crippen LogP contribution in [-0.2, 0) is 16.1 Å². The van der Waals surface area contributed by atoms with Crippen molar-refractivity contribution in [2.45, 2.75) is 20.4 Å². The van der Waals surface area contributed by atoms with Crippen LogP contribution in [0.1, 0.15) is 18.1 Å². The number of anilines is 1. The maximum atomic E-state index is 12.3. The molecule has 2 aromatic carbocycles. The summed E-state index contributed by atoms with van der Waals surface area (Å²) < 4.78 is 10.5. The van der Waals surface area contributed by atoms with Gasteiger partial charge in [0.05, 0.1) is 14.2 Å². The fraction of sp³-hybridized carbons (Fsp3) is 0.300. The highest BCUT2D eigenvalue weighted by Crippen LogP contribution is 2.27. The number of carbonyl (C=O) groups is 2. The molecule has 0 radical (unpaired) electrons. The van der Waals surface area contributed by atoms with E-state index in [2.05, 4.69) is 5.32 Å². The lowest BCUT2D eigenvalue weighted by Gasteiger charge is -2.21. The molecule has 0 saturated carbocycles. The van der Waals surface area contributed by atoms with Crippen LogP contribution in [0.3, 0.4) is 0 Å². The van der Waals surface area contributed by atoms with Crippen LogP contribution in [0.2, 0.25) is 0 Å². The number of amides is 2. The molecular formula is C20H24N2O4. The van der Waals surface area contributed by atoms with E-state index in [1.54, 1.807) is 20.3 Å². The van der Waals surface area contributed by atoms with E-state index in [-0.39, 0.29) is 18.4 Å². The average Bonchev–Trinajstić information content (AvgIpc) is 2.64. The van der Waals surface area contributed by atoms with Gasteiger partial charge in [0.25, 0.3) is 0 Å². The van der Waals surface area contributed by atoms with Crippen molar-refractivity contribution in [1.29, 1.82) is 0 Å². The molecule has 2 amide bonds. The third-order valence-corrected chi connectivity index (χ3v) is 3.97. The van der Waals surface area contributed by atoms with Gasteiger partial charge in [0.15, 0.2) is 11.5 Å². The lowest BCUT2D eigenvalue weighted by molar-refractivity contribution is -0.123. The quantitative estimate of drug-likeness (QED) is 0.828. The number of ether oxygens (including phenoxy) is 2. The summed E-state index contributed by atoms with van der Waals surface area (Å²) in [6.45, 7) is 3.71. The number of benzene rings is 2. The summed E-state index contributed by atoms with van der Waals surface area (Å²) in [6, 6.07) is 12.9. The molecule has 0 heterocycles. The van der Waals surface area contributed by atoms with Gasteiger partial charge in [-0.25, -0.2) is 0 Å². The van der Waals surface area contributed by atoms with Crippen molar-refractivity contribution in [3.63, 3.8) is 0 Å². The van der Waals surface area contributed by atoms with Gasteiger partial charge in [0.2, 0.25) is 11.8 Å². The number of methoxy groups -OCH3 is 2. The van der Waals surface area contributed by atoms with Gasteiger partial charge in [0.1, 0.15) is 6.54 Å². The molecule has 0 saturated heterocycles. The molecule has 0 aliphatic rings. The van der Waals surface area contributed by atoms with Crippen molar-refractivity contribution in [2.75, 3.05) is 25.7 Å². The second-order valence-electron chi connectivity index (χ2n) is 5.91. The summed E-state index contributed by atoms with van der Waals surface area (Å²) in [6.07, 6.45) is 0. The Morgan fingerprint density at radius 3 is 2.23 bits per heavy atom. The minimum atomic E-state index is -0.240. The maximum Gasteiger partial charge on any atom is 0.240 e. The van der Waals surface area contributed by atoms with Gasteiger partial charge in [0, 0.05) is 19.2 Å². The first kappa shape index (κ1) is 19.3. The Kier molecular flexibility index (Phi) is 6.60. The van der Waals surface area contributed by atoms with Gasteiger partial charge in [-0.05, 0) is 36.8 Å². The van der Waals surface area contributed by atoms with Crippen molar-refractivity contribution < 1.29 is 19.1 Å². The van der Waals surface area contributed by atoms with Crippen LogP contribution in [0.15, 0.2) is 42.5 Å². The molecule has 0 aromatic heterocycles. The van der Waals surface area contributed by atoms with Crippen LogP contribution in [0.5, 0.6) is 11.5 Å². The monoisotopic (exact) mass is 356 g/mol. The van der Waals surface area contributed by atoms with Crippen molar-refractivity contribution in [2.24, 2.45) is 0 Å². The number of aryl methyl sites for hydroxylation is 1. The highest BCUT2D eigenvalue weighted by Gasteiger charge is 2.15. The zero-order valence-electron chi connectivity index (χ0n) is 15.5. The molecule has 0 aliphatic carbocycles. The minimum Gasteiger partial charge on any atom is -0.493 e. The Labute approximate surface area is 153 Å². The number of rotatable bonds is 7. The first-order chi connectivity index (χ1) is 12.4. The van der Waals surface area contributed by atoms with E-state index in [0.717, 1.165) is 11.1 Å². The predicted molar refractivity (Wildman–Crippen MR) is 101 cm³/mol. The van der Waals surface area contributed by atoms with Crippen molar-refractivity contribution in [3.05, 3.63) is 53.6 Å². The van der Waals surface area contributed by atoms with Crippen LogP contribution in [0.25, 0.3) is 0 Å². The standard InChI is InChI=1S/C20H24N2O4/c1-14-5-8-17(9-6-14)22(15(2)23)13-20(24)21-12-16-7-10-18(25-3)19(11-16)26-4/h5-11H,12-13H2,1-4H3,(H,21,24). The molecule has 26 heavy (non-hydrogen) atoms. The highest BCUT2D eigenvalue weighted by atomic mass is 16.5. The Bertz CT molecular complexity index is 772. The highest BCUT2D eigenvalue weighted by molar-refractivity contribution is 5.97. The third-order valence-electron chi connectivity index (χ3n) is 3.97. The second kappa shape index (κ2) is 8.89. The van der Waals surface area contributed by atoms with E-state index in [0.29, 0.717) is 23.7 Å². The molecule has 0 atom stereocenters. The molecule has 0 bridgehead atoms. The molecular weight excluding hydrogens is 332 g/mol. The molecule has 0 fully saturated rings. The van der Waals surface area contributed by atoms with E-state index in [1.807, 2.05) is 43.3 Å². The lowest BCUT2D eigenvalue weighted by Crippen LogP contribution is -2.39. The first-order valence-electron chi connectivity index (χ1n) is 8.27. The number of nitrogens with zero attached hydrogens (tertiary/aromatic N) is 1. The maximum absolute atomic E-state index is 12.3. The average molecular weight is 356 g/mol. The fourth-order valence-corrected chi connectivity index (χ4v) is 2.50. The van der Waals surface area contributed by atoms with Crippen LogP contribution < -0.4 is 19.7 Å². The Morgan fingerprint density at radius 2 is 1.65 bits per heavy atom. The Morgan fingerprint density at radius 1 is 1.00 bits per heavy atom. The van der Waals surface area contributed by atoms with E-state index >= 15 is 0 Å². The zero-order valence-corrected chi connectivity index (χ0v) is 15.5. The summed E-state index contributed by atoms with van der Waals surface area (Å²) in [5, 5.41) is 2.83. The van der Waals surface area contributed by atoms with Gasteiger partial charge in [-0.2, -0.15) is 0 Å². The van der Waals surface area contributed by atoms with E-state index < -0.39 is 0 Å². The zero-order chi connectivity index (χ0) is 19.1. The molecule has 1 N–H and O–H groups in total. The SMILES string of the molecule is COc1ccc(CNC(=O)CN(C(C)=O)c2ccc(C)cc2)cc1OC. The topological polar surface area (TPSA) is 67.9 Å². The third kappa shape index (κ3) is 4.99. The van der Waals surface area contributed by atoms with E-state index in [4.69, 9.17) is 9.47 Å². The van der Waals surface area contributed by atoms with Crippen LogP contribution in [-0.4, -0.2) is 32.6 Å². The number of carbonyl (C=O) groups excluding carboxylic acids is 2. The molecule has 2 aromatic rings. The normalized spacial score (nSPS) is 10.2. The van der Waals surface area contributed by atoms with Gasteiger partial charge in [-0.3, -0.25) is 9.59 Å². The molecule has 6 nitrogen and oxygen atoms in total. The van der Waals surface area contributed by atoms with Crippen LogP contribution in [0.4, 0.5) is 5.69 Å². The van der Waals surface area contributed by atoms with E-state index in [1.165, 1.54) is 11.8 Å². The van der Waals surface area contributed by atoms with E-state index in [9.17, 15) is 9.59 Å².